The first-order valence-corrected chi connectivity index (χ1v) is 9.18. The predicted molar refractivity (Wildman–Crippen MR) is 103 cm³/mol. The lowest BCUT2D eigenvalue weighted by atomic mass is 10.0. The number of hydrogen-bond donors (Lipinski definition) is 2. The zero-order chi connectivity index (χ0) is 18.4. The molecule has 2 aromatic carbocycles. The molecular formula is C20H24ClN3O2. The number of nitrogens with two attached hydrogens (primary N) is 1. The van der Waals surface area contributed by atoms with Crippen molar-refractivity contribution in [2.24, 2.45) is 5.73 Å². The highest BCUT2D eigenvalue weighted by atomic mass is 35.5. The number of rotatable bonds is 6. The number of nitrogens with one attached hydrogen (secondary N) is 1. The lowest BCUT2D eigenvalue weighted by molar-refractivity contribution is -0.122. The molecule has 6 heteroatoms. The molecule has 1 saturated heterocycles. The van der Waals surface area contributed by atoms with Gasteiger partial charge in [0.15, 0.2) is 0 Å². The van der Waals surface area contributed by atoms with E-state index in [0.717, 1.165) is 24.2 Å². The third-order valence-electron chi connectivity index (χ3n) is 4.65. The molecule has 26 heavy (non-hydrogen) atoms. The predicted octanol–water partition coefficient (Wildman–Crippen LogP) is 2.53. The first kappa shape index (κ1) is 18.9. The van der Waals surface area contributed by atoms with Crippen molar-refractivity contribution in [2.45, 2.75) is 12.1 Å². The van der Waals surface area contributed by atoms with E-state index in [0.29, 0.717) is 24.8 Å². The molecule has 0 aliphatic carbocycles. The number of morpholine rings is 1. The molecule has 1 fully saturated rings. The van der Waals surface area contributed by atoms with Crippen molar-refractivity contribution < 1.29 is 9.53 Å². The van der Waals surface area contributed by atoms with Gasteiger partial charge in [-0.25, -0.2) is 0 Å². The lowest BCUT2D eigenvalue weighted by Gasteiger charge is -2.35. The topological polar surface area (TPSA) is 67.6 Å². The van der Waals surface area contributed by atoms with E-state index in [9.17, 15) is 4.79 Å². The average molecular weight is 374 g/mol. The van der Waals surface area contributed by atoms with Crippen molar-refractivity contribution in [3.63, 3.8) is 0 Å². The quantitative estimate of drug-likeness (QED) is 0.816. The maximum atomic E-state index is 12.5. The van der Waals surface area contributed by atoms with E-state index in [2.05, 4.69) is 10.2 Å². The number of carbonyl (C=O) groups excluding carboxylic acids is 1. The minimum absolute atomic E-state index is 0.0584. The maximum Gasteiger partial charge on any atom is 0.241 e. The third-order valence-corrected chi connectivity index (χ3v) is 4.90. The highest BCUT2D eigenvalue weighted by molar-refractivity contribution is 6.30. The van der Waals surface area contributed by atoms with Crippen molar-refractivity contribution in [1.29, 1.82) is 0 Å². The first-order valence-electron chi connectivity index (χ1n) is 8.80. The molecule has 2 unspecified atom stereocenters. The number of hydrogen-bond acceptors (Lipinski definition) is 4. The van der Waals surface area contributed by atoms with Crippen LogP contribution >= 0.6 is 11.6 Å². The smallest absolute Gasteiger partial charge is 0.241 e. The van der Waals surface area contributed by atoms with E-state index in [1.165, 1.54) is 0 Å². The molecule has 2 aromatic rings. The van der Waals surface area contributed by atoms with Gasteiger partial charge in [-0.15, -0.1) is 0 Å². The fourth-order valence-electron chi connectivity index (χ4n) is 3.15. The normalized spacial score (nSPS) is 17.5. The van der Waals surface area contributed by atoms with Crippen LogP contribution in [0.25, 0.3) is 0 Å². The summed E-state index contributed by atoms with van der Waals surface area (Å²) in [6.45, 7) is 3.53. The molecule has 1 aliphatic heterocycles. The van der Waals surface area contributed by atoms with Crippen LogP contribution in [0.4, 0.5) is 0 Å². The van der Waals surface area contributed by atoms with Crippen LogP contribution in [0.15, 0.2) is 54.6 Å². The van der Waals surface area contributed by atoms with Crippen molar-refractivity contribution in [3.8, 4) is 0 Å². The fourth-order valence-corrected chi connectivity index (χ4v) is 3.28. The molecular weight excluding hydrogens is 350 g/mol. The Morgan fingerprint density at radius 3 is 2.38 bits per heavy atom. The Morgan fingerprint density at radius 1 is 1.08 bits per heavy atom. The molecule has 0 aromatic heterocycles. The summed E-state index contributed by atoms with van der Waals surface area (Å²) in [5.41, 5.74) is 8.02. The second-order valence-corrected chi connectivity index (χ2v) is 6.79. The second kappa shape index (κ2) is 9.14. The van der Waals surface area contributed by atoms with E-state index in [4.69, 9.17) is 22.1 Å². The van der Waals surface area contributed by atoms with Crippen LogP contribution in [0.3, 0.4) is 0 Å². The Labute approximate surface area is 159 Å². The summed E-state index contributed by atoms with van der Waals surface area (Å²) in [6.07, 6.45) is 0. The molecule has 3 rings (SSSR count). The summed E-state index contributed by atoms with van der Waals surface area (Å²) in [4.78, 5) is 14.8. The number of amides is 1. The van der Waals surface area contributed by atoms with Gasteiger partial charge in [-0.3, -0.25) is 9.69 Å². The first-order chi connectivity index (χ1) is 12.6. The van der Waals surface area contributed by atoms with Crippen molar-refractivity contribution >= 4 is 17.5 Å². The summed E-state index contributed by atoms with van der Waals surface area (Å²) in [5.74, 6) is -0.177. The molecule has 0 radical (unpaired) electrons. The van der Waals surface area contributed by atoms with Gasteiger partial charge < -0.3 is 15.8 Å². The molecule has 0 spiro atoms. The van der Waals surface area contributed by atoms with E-state index in [1.54, 1.807) is 0 Å². The lowest BCUT2D eigenvalue weighted by Crippen LogP contribution is -2.45. The van der Waals surface area contributed by atoms with Gasteiger partial charge in [-0.1, -0.05) is 54.1 Å². The Balaban J connectivity index is 1.69. The van der Waals surface area contributed by atoms with Crippen LogP contribution in [0.2, 0.25) is 5.02 Å². The standard InChI is InChI=1S/C20H24ClN3O2/c21-17-8-6-15(7-9-17)18(24-10-12-26-13-11-24)14-23-20(25)19(22)16-4-2-1-3-5-16/h1-9,18-19H,10-14,22H2,(H,23,25). The maximum absolute atomic E-state index is 12.5. The molecule has 0 saturated carbocycles. The van der Waals surface area contributed by atoms with Gasteiger partial charge >= 0.3 is 0 Å². The molecule has 1 aliphatic rings. The van der Waals surface area contributed by atoms with E-state index >= 15 is 0 Å². The average Bonchev–Trinajstić information content (AvgIpc) is 2.70. The van der Waals surface area contributed by atoms with Crippen LogP contribution in [0, 0.1) is 0 Å². The molecule has 1 heterocycles. The van der Waals surface area contributed by atoms with Crippen LogP contribution in [0.1, 0.15) is 23.2 Å². The number of benzene rings is 2. The summed E-state index contributed by atoms with van der Waals surface area (Å²) in [5, 5.41) is 3.71. The van der Waals surface area contributed by atoms with Crippen LogP contribution in [0.5, 0.6) is 0 Å². The molecule has 2 atom stereocenters. The van der Waals surface area contributed by atoms with E-state index in [1.807, 2.05) is 54.6 Å². The fraction of sp³-hybridized carbons (Fsp3) is 0.350. The minimum Gasteiger partial charge on any atom is -0.379 e. The summed E-state index contributed by atoms with van der Waals surface area (Å²) >= 11 is 6.02. The monoisotopic (exact) mass is 373 g/mol. The third kappa shape index (κ3) is 4.83. The number of ether oxygens (including phenoxy) is 1. The van der Waals surface area contributed by atoms with Gasteiger partial charge in [0, 0.05) is 24.7 Å². The zero-order valence-corrected chi connectivity index (χ0v) is 15.4. The largest absolute Gasteiger partial charge is 0.379 e. The Hall–Kier alpha value is -1.92. The van der Waals surface area contributed by atoms with E-state index < -0.39 is 6.04 Å². The summed E-state index contributed by atoms with van der Waals surface area (Å²) < 4.78 is 5.46. The molecule has 1 amide bonds. The van der Waals surface area contributed by atoms with Gasteiger partial charge in [0.1, 0.15) is 6.04 Å². The highest BCUT2D eigenvalue weighted by Gasteiger charge is 2.24. The summed E-state index contributed by atoms with van der Waals surface area (Å²) in [7, 11) is 0. The van der Waals surface area contributed by atoms with Crippen LogP contribution in [-0.4, -0.2) is 43.7 Å². The van der Waals surface area contributed by atoms with Gasteiger partial charge in [0.2, 0.25) is 5.91 Å². The molecule has 3 N–H and O–H groups in total. The summed E-state index contributed by atoms with van der Waals surface area (Å²) in [6, 6.07) is 16.5. The van der Waals surface area contributed by atoms with Gasteiger partial charge in [-0.05, 0) is 23.3 Å². The van der Waals surface area contributed by atoms with Gasteiger partial charge in [0.25, 0.3) is 0 Å². The molecule has 138 valence electrons. The Morgan fingerprint density at radius 2 is 1.73 bits per heavy atom. The van der Waals surface area contributed by atoms with Crippen molar-refractivity contribution in [3.05, 3.63) is 70.7 Å². The van der Waals surface area contributed by atoms with E-state index in [-0.39, 0.29) is 11.9 Å². The Kier molecular flexibility index (Phi) is 6.63. The molecule has 5 nitrogen and oxygen atoms in total. The number of carbonyl (C=O) groups is 1. The SMILES string of the molecule is NC(C(=O)NCC(c1ccc(Cl)cc1)N1CCOCC1)c1ccccc1. The van der Waals surface area contributed by atoms with Crippen LogP contribution < -0.4 is 11.1 Å². The van der Waals surface area contributed by atoms with Gasteiger partial charge in [-0.2, -0.15) is 0 Å². The Bertz CT molecular complexity index is 703. The van der Waals surface area contributed by atoms with Gasteiger partial charge in [0.05, 0.1) is 19.3 Å². The highest BCUT2D eigenvalue weighted by Crippen LogP contribution is 2.23. The number of nitrogens with zero attached hydrogens (tertiary/aromatic N) is 1. The van der Waals surface area contributed by atoms with Crippen molar-refractivity contribution in [1.82, 2.24) is 10.2 Å². The second-order valence-electron chi connectivity index (χ2n) is 6.35. The minimum atomic E-state index is -0.674. The van der Waals surface area contributed by atoms with Crippen LogP contribution in [-0.2, 0) is 9.53 Å². The molecule has 0 bridgehead atoms. The zero-order valence-electron chi connectivity index (χ0n) is 14.6. The van der Waals surface area contributed by atoms with Crippen molar-refractivity contribution in [2.75, 3.05) is 32.8 Å². The number of halogens is 1.